The number of nitrogens with one attached hydrogen (secondary N) is 2. The summed E-state index contributed by atoms with van der Waals surface area (Å²) in [5.74, 6) is -0.396. The maximum Gasteiger partial charge on any atom is 0.417 e. The lowest BCUT2D eigenvalue weighted by Crippen LogP contribution is -2.46. The van der Waals surface area contributed by atoms with E-state index in [-0.39, 0.29) is 11.6 Å². The molecule has 0 bridgehead atoms. The fraction of sp³-hybridized carbons (Fsp3) is 0.458. The van der Waals surface area contributed by atoms with E-state index in [4.69, 9.17) is 5.73 Å². The highest BCUT2D eigenvalue weighted by Crippen LogP contribution is 2.29. The molecule has 0 saturated carbocycles. The molecule has 4 N–H and O–H groups in total. The minimum atomic E-state index is -4.51. The lowest BCUT2D eigenvalue weighted by molar-refractivity contribution is -0.137. The summed E-state index contributed by atoms with van der Waals surface area (Å²) in [4.78, 5) is 27.1. The summed E-state index contributed by atoms with van der Waals surface area (Å²) in [5.41, 5.74) is 7.91. The van der Waals surface area contributed by atoms with Gasteiger partial charge >= 0.3 is 12.2 Å². The van der Waals surface area contributed by atoms with E-state index < -0.39 is 29.7 Å². The van der Waals surface area contributed by atoms with Crippen LogP contribution in [0.4, 0.5) is 23.8 Å². The van der Waals surface area contributed by atoms with Crippen LogP contribution in [-0.4, -0.2) is 28.7 Å². The number of nitrogens with zero attached hydrogens (tertiary/aromatic N) is 1. The Morgan fingerprint density at radius 1 is 1.09 bits per heavy atom. The third-order valence-corrected chi connectivity index (χ3v) is 5.74. The standard InChI is InChI=1S/C24H33F3N4O2S/c1-16(2)7-5-8-17(3)9-6-10-18(4)14-34-15-20(22(32)31-23(28)33)30-21-12-11-19(13-29-21)24(25,26)27/h7,9,11-14,20H,5-6,8,10,15H2,1-4H3,(H,29,30)(H3,28,31,32,33). The van der Waals surface area contributed by atoms with Crippen molar-refractivity contribution in [2.75, 3.05) is 11.1 Å². The summed E-state index contributed by atoms with van der Waals surface area (Å²) < 4.78 is 38.2. The molecule has 10 heteroatoms. The third kappa shape index (κ3) is 12.5. The van der Waals surface area contributed by atoms with Gasteiger partial charge in [-0.2, -0.15) is 13.2 Å². The number of hydrogen-bond donors (Lipinski definition) is 3. The van der Waals surface area contributed by atoms with Gasteiger partial charge in [-0.25, -0.2) is 9.78 Å². The number of pyridine rings is 1. The molecule has 34 heavy (non-hydrogen) atoms. The average Bonchev–Trinajstić information content (AvgIpc) is 2.72. The molecule has 6 nitrogen and oxygen atoms in total. The Morgan fingerprint density at radius 3 is 2.29 bits per heavy atom. The van der Waals surface area contributed by atoms with Gasteiger partial charge in [0.1, 0.15) is 11.9 Å². The number of rotatable bonds is 12. The molecule has 188 valence electrons. The molecule has 1 aromatic heterocycles. The van der Waals surface area contributed by atoms with Crippen LogP contribution in [0.15, 0.2) is 52.6 Å². The summed E-state index contributed by atoms with van der Waals surface area (Å²) in [5, 5.41) is 6.68. The number of alkyl halides is 3. The Balaban J connectivity index is 2.67. The number of anilines is 1. The fourth-order valence-electron chi connectivity index (χ4n) is 2.80. The highest BCUT2D eigenvalue weighted by Gasteiger charge is 2.31. The van der Waals surface area contributed by atoms with Gasteiger partial charge in [0.05, 0.1) is 5.56 Å². The second-order valence-corrected chi connectivity index (χ2v) is 9.09. The van der Waals surface area contributed by atoms with Crippen molar-refractivity contribution in [3.63, 3.8) is 0 Å². The number of thioether (sulfide) groups is 1. The van der Waals surface area contributed by atoms with Gasteiger partial charge in [-0.05, 0) is 70.9 Å². The Hall–Kier alpha value is -2.75. The van der Waals surface area contributed by atoms with Crippen molar-refractivity contribution in [3.05, 3.63) is 58.2 Å². The molecule has 0 spiro atoms. The van der Waals surface area contributed by atoms with Gasteiger partial charge in [0, 0.05) is 11.9 Å². The van der Waals surface area contributed by atoms with Crippen molar-refractivity contribution in [2.24, 2.45) is 5.73 Å². The number of halogens is 3. The first-order chi connectivity index (χ1) is 15.9. The van der Waals surface area contributed by atoms with Crippen LogP contribution in [0.1, 0.15) is 58.9 Å². The summed E-state index contributed by atoms with van der Waals surface area (Å²) in [6, 6.07) is 0.0552. The SMILES string of the molecule is CC(C)=CCCC(C)=CCCC(C)=CSCC(Nc1ccc(C(F)(F)F)cn1)C(=O)NC(N)=O. The average molecular weight is 499 g/mol. The molecule has 1 heterocycles. The number of urea groups is 1. The predicted octanol–water partition coefficient (Wildman–Crippen LogP) is 6.19. The number of primary amides is 1. The lowest BCUT2D eigenvalue weighted by atomic mass is 10.1. The van der Waals surface area contributed by atoms with E-state index in [1.807, 2.05) is 17.6 Å². The van der Waals surface area contributed by atoms with E-state index in [1.165, 1.54) is 22.9 Å². The van der Waals surface area contributed by atoms with Gasteiger partial charge in [0.15, 0.2) is 0 Å². The quantitative estimate of drug-likeness (QED) is 0.299. The molecule has 0 aliphatic heterocycles. The lowest BCUT2D eigenvalue weighted by Gasteiger charge is -2.17. The predicted molar refractivity (Wildman–Crippen MR) is 132 cm³/mol. The first-order valence-corrected chi connectivity index (χ1v) is 11.9. The van der Waals surface area contributed by atoms with Crippen molar-refractivity contribution in [1.29, 1.82) is 0 Å². The maximum atomic E-state index is 12.7. The zero-order valence-corrected chi connectivity index (χ0v) is 20.8. The van der Waals surface area contributed by atoms with E-state index in [1.54, 1.807) is 0 Å². The van der Waals surface area contributed by atoms with E-state index >= 15 is 0 Å². The molecule has 1 rings (SSSR count). The number of nitrogens with two attached hydrogens (primary N) is 1. The van der Waals surface area contributed by atoms with Gasteiger partial charge in [-0.3, -0.25) is 10.1 Å². The van der Waals surface area contributed by atoms with Crippen LogP contribution in [0.3, 0.4) is 0 Å². The molecule has 0 aromatic carbocycles. The van der Waals surface area contributed by atoms with Crippen molar-refractivity contribution < 1.29 is 22.8 Å². The Bertz CT molecular complexity index is 906. The summed E-state index contributed by atoms with van der Waals surface area (Å²) in [6.07, 6.45) is 4.44. The van der Waals surface area contributed by atoms with Crippen molar-refractivity contribution in [2.45, 2.75) is 65.6 Å². The molecular formula is C24H33F3N4O2S. The molecule has 1 unspecified atom stereocenters. The van der Waals surface area contributed by atoms with E-state index in [9.17, 15) is 22.8 Å². The molecule has 3 amide bonds. The van der Waals surface area contributed by atoms with Gasteiger partial charge in [0.25, 0.3) is 5.91 Å². The Kier molecular flexibility index (Phi) is 12.5. The number of hydrogen-bond acceptors (Lipinski definition) is 5. The fourth-order valence-corrected chi connectivity index (χ4v) is 3.72. The summed E-state index contributed by atoms with van der Waals surface area (Å²) in [6.45, 7) is 8.28. The number of imide groups is 1. The van der Waals surface area contributed by atoms with Crippen LogP contribution >= 0.6 is 11.8 Å². The zero-order valence-electron chi connectivity index (χ0n) is 20.0. The second kappa shape index (κ2) is 14.5. The van der Waals surface area contributed by atoms with Crippen LogP contribution in [0.25, 0.3) is 0 Å². The van der Waals surface area contributed by atoms with E-state index in [0.29, 0.717) is 6.20 Å². The monoisotopic (exact) mass is 498 g/mol. The second-order valence-electron chi connectivity index (χ2n) is 8.19. The summed E-state index contributed by atoms with van der Waals surface area (Å²) >= 11 is 1.35. The highest BCUT2D eigenvalue weighted by molar-refractivity contribution is 8.02. The minimum Gasteiger partial charge on any atom is -0.358 e. The van der Waals surface area contributed by atoms with E-state index in [2.05, 4.69) is 43.2 Å². The minimum absolute atomic E-state index is 0.0765. The first-order valence-electron chi connectivity index (χ1n) is 10.8. The third-order valence-electron chi connectivity index (χ3n) is 4.65. The first kappa shape index (κ1) is 29.3. The molecule has 1 aromatic rings. The Morgan fingerprint density at radius 2 is 1.74 bits per heavy atom. The highest BCUT2D eigenvalue weighted by atomic mass is 32.2. The zero-order chi connectivity index (χ0) is 25.7. The van der Waals surface area contributed by atoms with Gasteiger partial charge in [0.2, 0.25) is 0 Å². The topological polar surface area (TPSA) is 97.1 Å². The van der Waals surface area contributed by atoms with Crippen LogP contribution < -0.4 is 16.4 Å². The molecule has 0 aliphatic carbocycles. The van der Waals surface area contributed by atoms with Crippen LogP contribution in [0.2, 0.25) is 0 Å². The number of allylic oxidation sites excluding steroid dienone is 5. The smallest absolute Gasteiger partial charge is 0.358 e. The largest absolute Gasteiger partial charge is 0.417 e. The normalized spacial score (nSPS) is 13.3. The molecule has 1 atom stereocenters. The van der Waals surface area contributed by atoms with Crippen molar-refractivity contribution >= 4 is 29.5 Å². The van der Waals surface area contributed by atoms with Gasteiger partial charge in [-0.15, -0.1) is 11.8 Å². The summed E-state index contributed by atoms with van der Waals surface area (Å²) in [7, 11) is 0. The van der Waals surface area contributed by atoms with Crippen molar-refractivity contribution in [3.8, 4) is 0 Å². The molecule has 0 aliphatic rings. The van der Waals surface area contributed by atoms with Gasteiger partial charge < -0.3 is 11.1 Å². The number of amides is 3. The molecule has 0 fully saturated rings. The van der Waals surface area contributed by atoms with Crippen molar-refractivity contribution in [1.82, 2.24) is 10.3 Å². The Labute approximate surface area is 203 Å². The van der Waals surface area contributed by atoms with E-state index in [0.717, 1.165) is 43.4 Å². The van der Waals surface area contributed by atoms with Crippen LogP contribution in [-0.2, 0) is 11.0 Å². The number of carbonyl (C=O) groups is 2. The maximum absolute atomic E-state index is 12.7. The number of aromatic nitrogens is 1. The van der Waals surface area contributed by atoms with Gasteiger partial charge in [-0.1, -0.05) is 28.9 Å². The molecule has 0 saturated heterocycles. The van der Waals surface area contributed by atoms with Crippen LogP contribution in [0, 0.1) is 0 Å². The molecular weight excluding hydrogens is 465 g/mol. The van der Waals surface area contributed by atoms with Crippen LogP contribution in [0.5, 0.6) is 0 Å². The number of carbonyl (C=O) groups excluding carboxylic acids is 2. The molecule has 0 radical (unpaired) electrons.